The Balaban J connectivity index is 3.05. The van der Waals surface area contributed by atoms with E-state index in [1.54, 1.807) is 0 Å². The van der Waals surface area contributed by atoms with Crippen molar-refractivity contribution in [3.8, 4) is 0 Å². The molecule has 0 unspecified atom stereocenters. The molecule has 3 nitrogen and oxygen atoms in total. The molecule has 2 N–H and O–H groups in total. The summed E-state index contributed by atoms with van der Waals surface area (Å²) < 4.78 is 0. The summed E-state index contributed by atoms with van der Waals surface area (Å²) in [5.41, 5.74) is -0.504. The molecule has 0 aromatic carbocycles. The molecule has 0 heterocycles. The highest BCUT2D eigenvalue weighted by atomic mass is 16.4. The number of aliphatic carboxylic acids is 1. The summed E-state index contributed by atoms with van der Waals surface area (Å²) in [5.74, 6) is -0.675. The molecule has 0 radical (unpaired) electrons. The van der Waals surface area contributed by atoms with E-state index in [2.05, 4.69) is 0 Å². The first-order chi connectivity index (χ1) is 8.92. The van der Waals surface area contributed by atoms with Gasteiger partial charge < -0.3 is 10.2 Å². The van der Waals surface area contributed by atoms with Crippen LogP contribution < -0.4 is 0 Å². The summed E-state index contributed by atoms with van der Waals surface area (Å²) in [4.78, 5) is 10.3. The van der Waals surface area contributed by atoms with E-state index in [0.29, 0.717) is 6.42 Å². The van der Waals surface area contributed by atoms with Crippen molar-refractivity contribution >= 4 is 5.97 Å². The maximum absolute atomic E-state index is 10.3. The first-order valence-electron chi connectivity index (χ1n) is 7.86. The second kappa shape index (κ2) is 11.3. The summed E-state index contributed by atoms with van der Waals surface area (Å²) in [6.07, 6.45) is 13.0. The quantitative estimate of drug-likeness (QED) is 0.484. The fourth-order valence-electron chi connectivity index (χ4n) is 2.25. The summed E-state index contributed by atoms with van der Waals surface area (Å²) in [6.45, 7) is 3.74. The van der Waals surface area contributed by atoms with Crippen molar-refractivity contribution in [2.45, 2.75) is 96.5 Å². The smallest absolute Gasteiger partial charge is 0.303 e. The molecule has 0 aliphatic rings. The fraction of sp³-hybridized carbons (Fsp3) is 0.938. The Kier molecular flexibility index (Phi) is 10.9. The fourth-order valence-corrected chi connectivity index (χ4v) is 2.25. The lowest BCUT2D eigenvalue weighted by Crippen LogP contribution is -2.17. The molecular formula is C16H32O3. The van der Waals surface area contributed by atoms with E-state index in [1.165, 1.54) is 44.9 Å². The molecule has 0 aliphatic carbocycles. The van der Waals surface area contributed by atoms with E-state index in [-0.39, 0.29) is 0 Å². The molecule has 0 saturated heterocycles. The molecule has 0 rings (SSSR count). The predicted molar refractivity (Wildman–Crippen MR) is 79.3 cm³/mol. The van der Waals surface area contributed by atoms with Gasteiger partial charge in [-0.2, -0.15) is 0 Å². The van der Waals surface area contributed by atoms with Crippen LogP contribution in [0.5, 0.6) is 0 Å². The lowest BCUT2D eigenvalue weighted by atomic mass is 9.99. The van der Waals surface area contributed by atoms with Crippen LogP contribution in [0.25, 0.3) is 0 Å². The van der Waals surface area contributed by atoms with Crippen LogP contribution in [0.2, 0.25) is 0 Å². The number of hydrogen-bond donors (Lipinski definition) is 2. The molecule has 0 amide bonds. The van der Waals surface area contributed by atoms with Crippen molar-refractivity contribution in [2.24, 2.45) is 0 Å². The van der Waals surface area contributed by atoms with Crippen molar-refractivity contribution in [3.63, 3.8) is 0 Å². The monoisotopic (exact) mass is 272 g/mol. The largest absolute Gasteiger partial charge is 0.481 e. The van der Waals surface area contributed by atoms with E-state index in [1.807, 2.05) is 13.8 Å². The highest BCUT2D eigenvalue weighted by molar-refractivity contribution is 5.66. The predicted octanol–water partition coefficient (Wildman–Crippen LogP) is 4.52. The standard InChI is InChI=1S/C16H32O3/c1-16(2,19)14-12-10-8-6-4-3-5-7-9-11-13-15(17)18/h19H,3-14H2,1-2H3,(H,17,18). The van der Waals surface area contributed by atoms with E-state index in [9.17, 15) is 9.90 Å². The second-order valence-corrected chi connectivity index (χ2v) is 6.24. The summed E-state index contributed by atoms with van der Waals surface area (Å²) in [5, 5.41) is 18.1. The van der Waals surface area contributed by atoms with Crippen LogP contribution in [-0.2, 0) is 4.79 Å². The third kappa shape index (κ3) is 17.4. The van der Waals surface area contributed by atoms with E-state index >= 15 is 0 Å². The summed E-state index contributed by atoms with van der Waals surface area (Å²) in [6, 6.07) is 0. The van der Waals surface area contributed by atoms with Gasteiger partial charge in [0.05, 0.1) is 5.60 Å². The molecule has 19 heavy (non-hydrogen) atoms. The van der Waals surface area contributed by atoms with Crippen molar-refractivity contribution in [3.05, 3.63) is 0 Å². The summed E-state index contributed by atoms with van der Waals surface area (Å²) >= 11 is 0. The topological polar surface area (TPSA) is 57.5 Å². The minimum absolute atomic E-state index is 0.321. The first kappa shape index (κ1) is 18.4. The van der Waals surface area contributed by atoms with Gasteiger partial charge >= 0.3 is 5.97 Å². The molecule has 0 fully saturated rings. The van der Waals surface area contributed by atoms with Gasteiger partial charge in [-0.05, 0) is 26.7 Å². The second-order valence-electron chi connectivity index (χ2n) is 6.24. The molecule has 0 aliphatic heterocycles. The molecule has 3 heteroatoms. The van der Waals surface area contributed by atoms with Crippen molar-refractivity contribution in [1.82, 2.24) is 0 Å². The Bertz CT molecular complexity index is 219. The number of unbranched alkanes of at least 4 members (excludes halogenated alkanes) is 9. The Morgan fingerprint density at radius 3 is 1.53 bits per heavy atom. The van der Waals surface area contributed by atoms with Gasteiger partial charge in [-0.25, -0.2) is 0 Å². The highest BCUT2D eigenvalue weighted by Crippen LogP contribution is 2.15. The SMILES string of the molecule is CC(C)(O)CCCCCCCCCCCCC(=O)O. The van der Waals surface area contributed by atoms with Crippen molar-refractivity contribution in [1.29, 1.82) is 0 Å². The van der Waals surface area contributed by atoms with Crippen LogP contribution in [0.4, 0.5) is 0 Å². The van der Waals surface area contributed by atoms with Crippen LogP contribution >= 0.6 is 0 Å². The van der Waals surface area contributed by atoms with E-state index in [4.69, 9.17) is 5.11 Å². The van der Waals surface area contributed by atoms with Crippen molar-refractivity contribution in [2.75, 3.05) is 0 Å². The molecular weight excluding hydrogens is 240 g/mol. The minimum atomic E-state index is -0.675. The Morgan fingerprint density at radius 2 is 1.16 bits per heavy atom. The number of rotatable bonds is 13. The molecule has 0 aromatic rings. The number of aliphatic hydroxyl groups is 1. The summed E-state index contributed by atoms with van der Waals surface area (Å²) in [7, 11) is 0. The van der Waals surface area contributed by atoms with Gasteiger partial charge in [-0.3, -0.25) is 4.79 Å². The lowest BCUT2D eigenvalue weighted by molar-refractivity contribution is -0.137. The van der Waals surface area contributed by atoms with Crippen LogP contribution in [0, 0.1) is 0 Å². The van der Waals surface area contributed by atoms with E-state index < -0.39 is 11.6 Å². The van der Waals surface area contributed by atoms with Gasteiger partial charge in [0.2, 0.25) is 0 Å². The maximum atomic E-state index is 10.3. The van der Waals surface area contributed by atoms with Gasteiger partial charge in [0.25, 0.3) is 0 Å². The average molecular weight is 272 g/mol. The number of carboxylic acids is 1. The molecule has 0 aromatic heterocycles. The molecule has 114 valence electrons. The average Bonchev–Trinajstić information content (AvgIpc) is 2.28. The lowest BCUT2D eigenvalue weighted by Gasteiger charge is -2.16. The van der Waals surface area contributed by atoms with Gasteiger partial charge in [0.15, 0.2) is 0 Å². The van der Waals surface area contributed by atoms with Crippen LogP contribution in [-0.4, -0.2) is 21.8 Å². The molecule has 0 saturated carbocycles. The van der Waals surface area contributed by atoms with Gasteiger partial charge in [-0.15, -0.1) is 0 Å². The Hall–Kier alpha value is -0.570. The first-order valence-corrected chi connectivity index (χ1v) is 7.86. The normalized spacial score (nSPS) is 11.7. The number of carboxylic acid groups (broad SMARTS) is 1. The molecule has 0 spiro atoms. The van der Waals surface area contributed by atoms with Crippen LogP contribution in [0.15, 0.2) is 0 Å². The minimum Gasteiger partial charge on any atom is -0.481 e. The number of carbonyl (C=O) groups is 1. The highest BCUT2D eigenvalue weighted by Gasteiger charge is 2.10. The number of hydrogen-bond acceptors (Lipinski definition) is 2. The third-order valence-corrected chi connectivity index (χ3v) is 3.43. The third-order valence-electron chi connectivity index (χ3n) is 3.43. The zero-order chi connectivity index (χ0) is 14.6. The van der Waals surface area contributed by atoms with Gasteiger partial charge in [0, 0.05) is 6.42 Å². The van der Waals surface area contributed by atoms with Gasteiger partial charge in [-0.1, -0.05) is 57.8 Å². The maximum Gasteiger partial charge on any atom is 0.303 e. The Morgan fingerprint density at radius 1 is 0.789 bits per heavy atom. The zero-order valence-electron chi connectivity index (χ0n) is 12.8. The zero-order valence-corrected chi connectivity index (χ0v) is 12.8. The van der Waals surface area contributed by atoms with Crippen LogP contribution in [0.1, 0.15) is 90.9 Å². The van der Waals surface area contributed by atoms with Crippen LogP contribution in [0.3, 0.4) is 0 Å². The Labute approximate surface area is 118 Å². The molecule has 0 bridgehead atoms. The molecule has 0 atom stereocenters. The van der Waals surface area contributed by atoms with Crippen molar-refractivity contribution < 1.29 is 15.0 Å². The van der Waals surface area contributed by atoms with E-state index in [0.717, 1.165) is 25.7 Å². The van der Waals surface area contributed by atoms with Gasteiger partial charge in [0.1, 0.15) is 0 Å².